The second kappa shape index (κ2) is 7.39. The van der Waals surface area contributed by atoms with Gasteiger partial charge in [0.25, 0.3) is 0 Å². The molecule has 2 heterocycles. The first-order valence-corrected chi connectivity index (χ1v) is 7.72. The lowest BCUT2D eigenvalue weighted by Crippen LogP contribution is -2.31. The van der Waals surface area contributed by atoms with E-state index in [2.05, 4.69) is 15.0 Å². The van der Waals surface area contributed by atoms with E-state index in [-0.39, 0.29) is 22.5 Å². The van der Waals surface area contributed by atoms with Crippen molar-refractivity contribution in [3.05, 3.63) is 59.7 Å². The molecule has 1 amide bonds. The van der Waals surface area contributed by atoms with Crippen LogP contribution in [0.4, 0.5) is 22.0 Å². The van der Waals surface area contributed by atoms with E-state index in [9.17, 15) is 31.9 Å². The van der Waals surface area contributed by atoms with Crippen molar-refractivity contribution in [1.29, 1.82) is 0 Å². The van der Waals surface area contributed by atoms with Gasteiger partial charge in [0, 0.05) is 17.3 Å². The number of hydrazine groups is 1. The Morgan fingerprint density at radius 2 is 1.59 bits per heavy atom. The third-order valence-electron chi connectivity index (χ3n) is 3.72. The van der Waals surface area contributed by atoms with Crippen LogP contribution in [0.3, 0.4) is 0 Å². The molecule has 0 aliphatic carbocycles. The van der Waals surface area contributed by atoms with E-state index < -0.39 is 41.0 Å². The number of nitrogen functional groups attached to an aromatic ring is 1. The number of nitrogens with two attached hydrogens (primary N) is 1. The van der Waals surface area contributed by atoms with E-state index in [0.29, 0.717) is 6.07 Å². The number of aromatic hydroxyl groups is 1. The average molecular weight is 411 g/mol. The molecule has 12 heteroatoms. The maximum atomic E-state index is 13.7. The molecule has 1 aromatic carbocycles. The third-order valence-corrected chi connectivity index (χ3v) is 3.72. The van der Waals surface area contributed by atoms with Gasteiger partial charge in [0.1, 0.15) is 5.69 Å². The van der Waals surface area contributed by atoms with E-state index >= 15 is 0 Å². The summed E-state index contributed by atoms with van der Waals surface area (Å²) in [6, 6.07) is 4.48. The van der Waals surface area contributed by atoms with Gasteiger partial charge in [0.2, 0.25) is 5.82 Å². The predicted octanol–water partition coefficient (Wildman–Crippen LogP) is 2.81. The number of benzene rings is 1. The predicted molar refractivity (Wildman–Crippen MR) is 88.9 cm³/mol. The second-order valence-electron chi connectivity index (χ2n) is 5.65. The minimum atomic E-state index is -4.65. The lowest BCUT2D eigenvalue weighted by atomic mass is 10.1. The van der Waals surface area contributed by atoms with Crippen LogP contribution in [0.5, 0.6) is 5.75 Å². The number of amides is 1. The molecule has 0 aliphatic rings. The van der Waals surface area contributed by atoms with Crippen molar-refractivity contribution in [1.82, 2.24) is 20.4 Å². The molecule has 29 heavy (non-hydrogen) atoms. The molecule has 3 aromatic rings. The summed E-state index contributed by atoms with van der Waals surface area (Å²) in [4.78, 5) is 22.9. The number of rotatable bonds is 3. The molecule has 0 aliphatic heterocycles. The molecule has 150 valence electrons. The Labute approximate surface area is 159 Å². The number of carbonyl (C=O) groups excluding carboxylic acids is 1. The molecule has 4 N–H and O–H groups in total. The first kappa shape index (κ1) is 20.1. The SMILES string of the molecule is NNC(=O)c1nc(-c2ccc(C(F)(F)F)nc2)cc(-c2cc(F)c(O)c(F)c2)n1. The van der Waals surface area contributed by atoms with Crippen molar-refractivity contribution in [2.75, 3.05) is 0 Å². The summed E-state index contributed by atoms with van der Waals surface area (Å²) in [6.45, 7) is 0. The van der Waals surface area contributed by atoms with Gasteiger partial charge in [-0.05, 0) is 30.3 Å². The number of phenols is 1. The minimum absolute atomic E-state index is 0.0521. The van der Waals surface area contributed by atoms with Gasteiger partial charge in [-0.25, -0.2) is 24.6 Å². The standard InChI is InChI=1S/C17H10F5N5O2/c18-9-3-8(4-10(19)14(9)28)12-5-11(25-15(26-12)16(29)27-23)7-1-2-13(24-6-7)17(20,21)22/h1-6,28H,23H2,(H,27,29). The Hall–Kier alpha value is -3.67. The van der Waals surface area contributed by atoms with E-state index in [1.807, 2.05) is 0 Å². The van der Waals surface area contributed by atoms with Crippen LogP contribution in [-0.4, -0.2) is 26.0 Å². The van der Waals surface area contributed by atoms with Crippen molar-refractivity contribution in [2.24, 2.45) is 5.84 Å². The summed E-state index contributed by atoms with van der Waals surface area (Å²) in [5, 5.41) is 9.22. The Kier molecular flexibility index (Phi) is 5.12. The third kappa shape index (κ3) is 4.11. The van der Waals surface area contributed by atoms with Crippen LogP contribution in [0.15, 0.2) is 36.5 Å². The van der Waals surface area contributed by atoms with E-state index in [1.165, 1.54) is 6.07 Å². The molecule has 2 aromatic heterocycles. The number of halogens is 5. The molecule has 0 fully saturated rings. The Bertz CT molecular complexity index is 1060. The fourth-order valence-electron chi connectivity index (χ4n) is 2.34. The van der Waals surface area contributed by atoms with Gasteiger partial charge >= 0.3 is 12.1 Å². The maximum absolute atomic E-state index is 13.7. The fraction of sp³-hybridized carbons (Fsp3) is 0.0588. The number of nitrogens with one attached hydrogen (secondary N) is 1. The molecule has 0 atom stereocenters. The van der Waals surface area contributed by atoms with Gasteiger partial charge in [-0.1, -0.05) is 0 Å². The number of nitrogens with zero attached hydrogens (tertiary/aromatic N) is 3. The van der Waals surface area contributed by atoms with Crippen LogP contribution in [-0.2, 0) is 6.18 Å². The fourth-order valence-corrected chi connectivity index (χ4v) is 2.34. The van der Waals surface area contributed by atoms with Crippen LogP contribution in [0.1, 0.15) is 16.3 Å². The second-order valence-corrected chi connectivity index (χ2v) is 5.65. The molecule has 0 radical (unpaired) electrons. The maximum Gasteiger partial charge on any atom is 0.433 e. The number of hydrogen-bond acceptors (Lipinski definition) is 6. The van der Waals surface area contributed by atoms with Gasteiger partial charge in [0.15, 0.2) is 17.4 Å². The number of alkyl halides is 3. The van der Waals surface area contributed by atoms with E-state index in [0.717, 1.165) is 24.4 Å². The molecule has 0 unspecified atom stereocenters. The van der Waals surface area contributed by atoms with Crippen LogP contribution < -0.4 is 11.3 Å². The zero-order valence-corrected chi connectivity index (χ0v) is 14.1. The number of pyridine rings is 1. The lowest BCUT2D eigenvalue weighted by molar-refractivity contribution is -0.141. The molecule has 0 bridgehead atoms. The summed E-state index contributed by atoms with van der Waals surface area (Å²) in [5.41, 5.74) is 0.360. The van der Waals surface area contributed by atoms with Crippen molar-refractivity contribution < 1.29 is 31.9 Å². The number of aromatic nitrogens is 3. The highest BCUT2D eigenvalue weighted by molar-refractivity contribution is 5.91. The summed E-state index contributed by atoms with van der Waals surface area (Å²) in [7, 11) is 0. The average Bonchev–Trinajstić information content (AvgIpc) is 2.70. The highest BCUT2D eigenvalue weighted by Crippen LogP contribution is 2.31. The minimum Gasteiger partial charge on any atom is -0.503 e. The van der Waals surface area contributed by atoms with Crippen LogP contribution in [0.2, 0.25) is 0 Å². The zero-order valence-electron chi connectivity index (χ0n) is 14.1. The van der Waals surface area contributed by atoms with Gasteiger partial charge in [0.05, 0.1) is 11.4 Å². The Morgan fingerprint density at radius 3 is 2.07 bits per heavy atom. The van der Waals surface area contributed by atoms with Crippen molar-refractivity contribution in [3.8, 4) is 28.3 Å². The van der Waals surface area contributed by atoms with Crippen molar-refractivity contribution >= 4 is 5.91 Å². The normalized spacial score (nSPS) is 11.4. The van der Waals surface area contributed by atoms with Crippen LogP contribution in [0, 0.1) is 11.6 Å². The molecule has 0 saturated carbocycles. The molecular weight excluding hydrogens is 401 g/mol. The number of hydrogen-bond donors (Lipinski definition) is 3. The van der Waals surface area contributed by atoms with Gasteiger partial charge in [-0.3, -0.25) is 15.2 Å². The largest absolute Gasteiger partial charge is 0.503 e. The van der Waals surface area contributed by atoms with Crippen molar-refractivity contribution in [2.45, 2.75) is 6.18 Å². The molecule has 0 saturated heterocycles. The number of phenolic OH excluding ortho intramolecular Hbond substituents is 1. The van der Waals surface area contributed by atoms with Gasteiger partial charge < -0.3 is 5.11 Å². The summed E-state index contributed by atoms with van der Waals surface area (Å²) < 4.78 is 65.4. The smallest absolute Gasteiger partial charge is 0.433 e. The highest BCUT2D eigenvalue weighted by atomic mass is 19.4. The van der Waals surface area contributed by atoms with E-state index in [1.54, 1.807) is 5.43 Å². The molecular formula is C17H10F5N5O2. The topological polar surface area (TPSA) is 114 Å². The first-order valence-electron chi connectivity index (χ1n) is 7.72. The van der Waals surface area contributed by atoms with Crippen LogP contribution in [0.25, 0.3) is 22.5 Å². The number of carbonyl (C=O) groups is 1. The monoisotopic (exact) mass is 411 g/mol. The quantitative estimate of drug-likeness (QED) is 0.264. The molecule has 3 rings (SSSR count). The summed E-state index contributed by atoms with van der Waals surface area (Å²) in [5.74, 6) is -0.162. The Morgan fingerprint density at radius 1 is 1.00 bits per heavy atom. The Balaban J connectivity index is 2.16. The van der Waals surface area contributed by atoms with E-state index in [4.69, 9.17) is 5.84 Å². The van der Waals surface area contributed by atoms with Crippen molar-refractivity contribution in [3.63, 3.8) is 0 Å². The van der Waals surface area contributed by atoms with Crippen LogP contribution >= 0.6 is 0 Å². The molecule has 7 nitrogen and oxygen atoms in total. The van der Waals surface area contributed by atoms with Gasteiger partial charge in [-0.2, -0.15) is 13.2 Å². The zero-order chi connectivity index (χ0) is 21.3. The lowest BCUT2D eigenvalue weighted by Gasteiger charge is -2.10. The summed E-state index contributed by atoms with van der Waals surface area (Å²) >= 11 is 0. The highest BCUT2D eigenvalue weighted by Gasteiger charge is 2.32. The van der Waals surface area contributed by atoms with Gasteiger partial charge in [-0.15, -0.1) is 0 Å². The summed E-state index contributed by atoms with van der Waals surface area (Å²) in [6.07, 6.45) is -3.78. The first-order chi connectivity index (χ1) is 13.6. The molecule has 0 spiro atoms.